The average Bonchev–Trinajstić information content (AvgIpc) is 3.09. The van der Waals surface area contributed by atoms with Crippen LogP contribution in [0.4, 0.5) is 0 Å². The van der Waals surface area contributed by atoms with Gasteiger partial charge in [0, 0.05) is 39.0 Å². The van der Waals surface area contributed by atoms with E-state index in [1.165, 1.54) is 103 Å². The fourth-order valence-corrected chi connectivity index (χ4v) is 5.52. The molecule has 0 heterocycles. The molecular formula is C38H76N4O6. The molecule has 3 amide bonds. The number of carbonyl (C=O) groups excluding carboxylic acids is 3. The lowest BCUT2D eigenvalue weighted by molar-refractivity contribution is -0.133. The van der Waals surface area contributed by atoms with Gasteiger partial charge in [0.15, 0.2) is 0 Å². The maximum Gasteiger partial charge on any atom is 0.241 e. The molecule has 10 nitrogen and oxygen atoms in total. The van der Waals surface area contributed by atoms with Gasteiger partial charge in [-0.1, -0.05) is 129 Å². The van der Waals surface area contributed by atoms with E-state index in [2.05, 4.69) is 24.5 Å². The minimum absolute atomic E-state index is 0.00890. The summed E-state index contributed by atoms with van der Waals surface area (Å²) in [5.74, 6) is -0.513. The molecule has 0 fully saturated rings. The van der Waals surface area contributed by atoms with E-state index in [0.717, 1.165) is 38.8 Å². The van der Waals surface area contributed by atoms with Crippen LogP contribution in [0.1, 0.15) is 155 Å². The molecule has 0 aliphatic carbocycles. The second-order valence-corrected chi connectivity index (χ2v) is 13.0. The molecule has 0 aliphatic rings. The van der Waals surface area contributed by atoms with Crippen LogP contribution < -0.4 is 16.4 Å². The molecule has 0 spiro atoms. The molecular weight excluding hydrogens is 608 g/mol. The van der Waals surface area contributed by atoms with Crippen LogP contribution in [0.5, 0.6) is 0 Å². The van der Waals surface area contributed by atoms with Gasteiger partial charge >= 0.3 is 0 Å². The summed E-state index contributed by atoms with van der Waals surface area (Å²) in [6.07, 6.45) is 25.4. The van der Waals surface area contributed by atoms with Gasteiger partial charge in [0.25, 0.3) is 0 Å². The minimum atomic E-state index is -0.278. The number of ether oxygens (including phenoxy) is 3. The monoisotopic (exact) mass is 685 g/mol. The maximum atomic E-state index is 13.1. The number of nitrogens with zero attached hydrogens (tertiary/aromatic N) is 1. The summed E-state index contributed by atoms with van der Waals surface area (Å²) < 4.78 is 16.0. The molecule has 0 atom stereocenters. The molecule has 48 heavy (non-hydrogen) atoms. The minimum Gasteiger partial charge on any atom is -0.378 e. The van der Waals surface area contributed by atoms with E-state index in [1.54, 1.807) is 0 Å². The summed E-state index contributed by atoms with van der Waals surface area (Å²) in [5, 5.41) is 5.50. The molecule has 0 rings (SSSR count). The normalized spacial score (nSPS) is 11.1. The van der Waals surface area contributed by atoms with Crippen molar-refractivity contribution in [3.05, 3.63) is 0 Å². The van der Waals surface area contributed by atoms with Crippen molar-refractivity contribution in [2.45, 2.75) is 155 Å². The van der Waals surface area contributed by atoms with Crippen molar-refractivity contribution in [1.82, 2.24) is 15.5 Å². The fourth-order valence-electron chi connectivity index (χ4n) is 5.52. The predicted octanol–water partition coefficient (Wildman–Crippen LogP) is 6.68. The zero-order chi connectivity index (χ0) is 35.2. The number of carbonyl (C=O) groups is 3. The third-order valence-electron chi connectivity index (χ3n) is 8.51. The Kier molecular flexibility index (Phi) is 36.7. The number of nitrogens with two attached hydrogens (primary N) is 1. The van der Waals surface area contributed by atoms with Crippen molar-refractivity contribution in [2.24, 2.45) is 5.73 Å². The van der Waals surface area contributed by atoms with Gasteiger partial charge in [0.2, 0.25) is 17.7 Å². The lowest BCUT2D eigenvalue weighted by atomic mass is 10.1. The Morgan fingerprint density at radius 3 is 1.31 bits per heavy atom. The Morgan fingerprint density at radius 1 is 0.500 bits per heavy atom. The summed E-state index contributed by atoms with van der Waals surface area (Å²) in [6, 6.07) is 0. The quantitative estimate of drug-likeness (QED) is 0.0619. The predicted molar refractivity (Wildman–Crippen MR) is 197 cm³/mol. The van der Waals surface area contributed by atoms with Gasteiger partial charge in [-0.2, -0.15) is 0 Å². The fraction of sp³-hybridized carbons (Fsp3) is 0.921. The Morgan fingerprint density at radius 2 is 0.875 bits per heavy atom. The number of unbranched alkanes of at least 4 members (excludes halogenated alkanes) is 18. The molecule has 10 heteroatoms. The Hall–Kier alpha value is -1.75. The summed E-state index contributed by atoms with van der Waals surface area (Å²) in [6.45, 7) is 9.64. The highest BCUT2D eigenvalue weighted by Gasteiger charge is 2.15. The first-order chi connectivity index (χ1) is 23.5. The molecule has 0 aliphatic heterocycles. The van der Waals surface area contributed by atoms with Gasteiger partial charge in [0.05, 0.1) is 46.2 Å². The topological polar surface area (TPSA) is 132 Å². The third-order valence-corrected chi connectivity index (χ3v) is 8.51. The van der Waals surface area contributed by atoms with Crippen molar-refractivity contribution in [2.75, 3.05) is 72.4 Å². The Labute approximate surface area is 294 Å². The average molecular weight is 685 g/mol. The number of hydrogen-bond acceptors (Lipinski definition) is 7. The standard InChI is InChI=1S/C38H76N4O6/c1-3-5-7-9-11-13-15-17-19-21-27-42(28-22-20-18-16-14-12-10-8-6-4-2)38(45)35-41-37(44)24-23-36(43)40-26-30-47-32-34-48-33-31-46-29-25-39/h3-35,39H2,1-2H3,(H,40,43)(H,41,44). The lowest BCUT2D eigenvalue weighted by Gasteiger charge is -2.23. The molecule has 0 aromatic rings. The summed E-state index contributed by atoms with van der Waals surface area (Å²) in [7, 11) is 0. The summed E-state index contributed by atoms with van der Waals surface area (Å²) >= 11 is 0. The van der Waals surface area contributed by atoms with Crippen LogP contribution in [-0.2, 0) is 28.6 Å². The maximum absolute atomic E-state index is 13.1. The van der Waals surface area contributed by atoms with E-state index in [4.69, 9.17) is 19.9 Å². The SMILES string of the molecule is CCCCCCCCCCCCN(CCCCCCCCCCCC)C(=O)CNC(=O)CCC(=O)NCCOCCOCCOCCN. The van der Waals surface area contributed by atoms with Crippen molar-refractivity contribution in [1.29, 1.82) is 0 Å². The van der Waals surface area contributed by atoms with Gasteiger partial charge in [-0.05, 0) is 12.8 Å². The van der Waals surface area contributed by atoms with E-state index in [0.29, 0.717) is 52.7 Å². The molecule has 0 aromatic heterocycles. The number of hydrogen-bond donors (Lipinski definition) is 3. The molecule has 0 aromatic carbocycles. The van der Waals surface area contributed by atoms with Crippen LogP contribution in [0.3, 0.4) is 0 Å². The highest BCUT2D eigenvalue weighted by atomic mass is 16.5. The number of amides is 3. The van der Waals surface area contributed by atoms with Gasteiger partial charge in [-0.25, -0.2) is 0 Å². The highest BCUT2D eigenvalue weighted by molar-refractivity contribution is 5.87. The van der Waals surface area contributed by atoms with Gasteiger partial charge < -0.3 is 35.5 Å². The smallest absolute Gasteiger partial charge is 0.241 e. The van der Waals surface area contributed by atoms with Crippen LogP contribution in [-0.4, -0.2) is 95.0 Å². The van der Waals surface area contributed by atoms with E-state index in [-0.39, 0.29) is 37.1 Å². The summed E-state index contributed by atoms with van der Waals surface area (Å²) in [5.41, 5.74) is 5.35. The van der Waals surface area contributed by atoms with Crippen LogP contribution in [0.15, 0.2) is 0 Å². The van der Waals surface area contributed by atoms with E-state index in [9.17, 15) is 14.4 Å². The van der Waals surface area contributed by atoms with Crippen LogP contribution in [0.25, 0.3) is 0 Å². The van der Waals surface area contributed by atoms with Gasteiger partial charge in [0.1, 0.15) is 0 Å². The molecule has 0 saturated heterocycles. The van der Waals surface area contributed by atoms with Crippen molar-refractivity contribution in [3.63, 3.8) is 0 Å². The Bertz CT molecular complexity index is 703. The zero-order valence-electron chi connectivity index (χ0n) is 31.3. The zero-order valence-corrected chi connectivity index (χ0v) is 31.3. The molecule has 4 N–H and O–H groups in total. The van der Waals surface area contributed by atoms with Gasteiger partial charge in [-0.15, -0.1) is 0 Å². The summed E-state index contributed by atoms with van der Waals surface area (Å²) in [4.78, 5) is 39.6. The molecule has 0 unspecified atom stereocenters. The first-order valence-corrected chi connectivity index (χ1v) is 19.8. The van der Waals surface area contributed by atoms with Crippen molar-refractivity contribution in [3.8, 4) is 0 Å². The van der Waals surface area contributed by atoms with Crippen molar-refractivity contribution < 1.29 is 28.6 Å². The molecule has 0 saturated carbocycles. The second kappa shape index (κ2) is 38.1. The first kappa shape index (κ1) is 46.2. The van der Waals surface area contributed by atoms with Crippen molar-refractivity contribution >= 4 is 17.7 Å². The first-order valence-electron chi connectivity index (χ1n) is 19.8. The van der Waals surface area contributed by atoms with E-state index in [1.807, 2.05) is 4.90 Å². The van der Waals surface area contributed by atoms with E-state index < -0.39 is 0 Å². The second-order valence-electron chi connectivity index (χ2n) is 13.0. The molecule has 0 bridgehead atoms. The number of rotatable bonds is 38. The third kappa shape index (κ3) is 34.1. The largest absolute Gasteiger partial charge is 0.378 e. The highest BCUT2D eigenvalue weighted by Crippen LogP contribution is 2.13. The van der Waals surface area contributed by atoms with Crippen LogP contribution in [0.2, 0.25) is 0 Å². The lowest BCUT2D eigenvalue weighted by Crippen LogP contribution is -2.41. The number of nitrogens with one attached hydrogen (secondary N) is 2. The van der Waals surface area contributed by atoms with Crippen LogP contribution in [0, 0.1) is 0 Å². The van der Waals surface area contributed by atoms with Crippen LogP contribution >= 0.6 is 0 Å². The van der Waals surface area contributed by atoms with E-state index >= 15 is 0 Å². The molecule has 284 valence electrons. The Balaban J connectivity index is 4.22. The van der Waals surface area contributed by atoms with Gasteiger partial charge in [-0.3, -0.25) is 14.4 Å². The molecule has 0 radical (unpaired) electrons.